The summed E-state index contributed by atoms with van der Waals surface area (Å²) >= 11 is 0. The molecule has 0 radical (unpaired) electrons. The molecule has 0 spiro atoms. The third-order valence-corrected chi connectivity index (χ3v) is 4.26. The number of ketones is 1. The predicted molar refractivity (Wildman–Crippen MR) is 74.3 cm³/mol. The van der Waals surface area contributed by atoms with Crippen molar-refractivity contribution in [2.24, 2.45) is 5.92 Å². The maximum Gasteiger partial charge on any atom is 0.163 e. The van der Waals surface area contributed by atoms with Crippen LogP contribution in [-0.2, 0) is 17.7 Å². The molecule has 1 fully saturated rings. The first-order valence-electron chi connectivity index (χ1n) is 7.27. The van der Waals surface area contributed by atoms with Gasteiger partial charge in [0.15, 0.2) is 5.78 Å². The second-order valence-corrected chi connectivity index (χ2v) is 5.55. The quantitative estimate of drug-likeness (QED) is 0.847. The molecular weight excluding hydrogens is 238 g/mol. The molecule has 0 amide bonds. The van der Waals surface area contributed by atoms with Crippen molar-refractivity contribution in [3.05, 3.63) is 34.9 Å². The number of fused-ring (bicyclic) bond motifs is 1. The smallest absolute Gasteiger partial charge is 0.163 e. The second-order valence-electron chi connectivity index (χ2n) is 5.55. The number of ether oxygens (including phenoxy) is 1. The van der Waals surface area contributed by atoms with Gasteiger partial charge in [0.25, 0.3) is 0 Å². The van der Waals surface area contributed by atoms with Gasteiger partial charge in [-0.15, -0.1) is 0 Å². The Bertz CT molecular complexity index is 464. The molecule has 1 saturated heterocycles. The van der Waals surface area contributed by atoms with E-state index in [2.05, 4.69) is 11.4 Å². The molecule has 0 saturated carbocycles. The minimum Gasteiger partial charge on any atom is -0.381 e. The normalized spacial score (nSPS) is 20.0. The Morgan fingerprint density at radius 3 is 3.00 bits per heavy atom. The van der Waals surface area contributed by atoms with Gasteiger partial charge in [-0.05, 0) is 42.9 Å². The van der Waals surface area contributed by atoms with Crippen LogP contribution in [0.4, 0.5) is 0 Å². The molecule has 19 heavy (non-hydrogen) atoms. The van der Waals surface area contributed by atoms with E-state index in [1.54, 1.807) is 0 Å². The molecule has 2 aliphatic rings. The lowest BCUT2D eigenvalue weighted by atomic mass is 9.87. The van der Waals surface area contributed by atoms with Gasteiger partial charge in [0.2, 0.25) is 0 Å². The SMILES string of the molecule is O=C(CC1CCOCC1)c1cccc2c1CCNC2. The summed E-state index contributed by atoms with van der Waals surface area (Å²) in [7, 11) is 0. The van der Waals surface area contributed by atoms with Crippen molar-refractivity contribution in [3.8, 4) is 0 Å². The highest BCUT2D eigenvalue weighted by atomic mass is 16.5. The lowest BCUT2D eigenvalue weighted by molar-refractivity contribution is 0.0600. The van der Waals surface area contributed by atoms with E-state index in [4.69, 9.17) is 4.74 Å². The van der Waals surface area contributed by atoms with Gasteiger partial charge in [0.1, 0.15) is 0 Å². The Morgan fingerprint density at radius 2 is 2.16 bits per heavy atom. The molecule has 0 aromatic heterocycles. The number of hydrogen-bond acceptors (Lipinski definition) is 3. The zero-order chi connectivity index (χ0) is 13.1. The van der Waals surface area contributed by atoms with Gasteiger partial charge in [0, 0.05) is 31.7 Å². The summed E-state index contributed by atoms with van der Waals surface area (Å²) in [5.41, 5.74) is 3.54. The predicted octanol–water partition coefficient (Wildman–Crippen LogP) is 2.33. The van der Waals surface area contributed by atoms with E-state index in [9.17, 15) is 4.79 Å². The highest BCUT2D eigenvalue weighted by Crippen LogP contribution is 2.24. The topological polar surface area (TPSA) is 38.3 Å². The molecule has 1 aromatic carbocycles. The van der Waals surface area contributed by atoms with E-state index in [1.807, 2.05) is 12.1 Å². The summed E-state index contributed by atoms with van der Waals surface area (Å²) < 4.78 is 5.36. The monoisotopic (exact) mass is 259 g/mol. The van der Waals surface area contributed by atoms with E-state index in [0.29, 0.717) is 18.1 Å². The summed E-state index contributed by atoms with van der Waals surface area (Å²) in [6.07, 6.45) is 3.73. The molecule has 0 unspecified atom stereocenters. The molecule has 2 aliphatic heterocycles. The Balaban J connectivity index is 1.75. The van der Waals surface area contributed by atoms with Crippen molar-refractivity contribution in [2.45, 2.75) is 32.2 Å². The van der Waals surface area contributed by atoms with Crippen LogP contribution in [0.2, 0.25) is 0 Å². The molecular formula is C16H21NO2. The fraction of sp³-hybridized carbons (Fsp3) is 0.562. The van der Waals surface area contributed by atoms with Crippen molar-refractivity contribution < 1.29 is 9.53 Å². The van der Waals surface area contributed by atoms with Gasteiger partial charge in [0.05, 0.1) is 0 Å². The van der Waals surface area contributed by atoms with Crippen molar-refractivity contribution in [1.29, 1.82) is 0 Å². The van der Waals surface area contributed by atoms with Gasteiger partial charge in [-0.25, -0.2) is 0 Å². The number of carbonyl (C=O) groups excluding carboxylic acids is 1. The van der Waals surface area contributed by atoms with Gasteiger partial charge in [-0.2, -0.15) is 0 Å². The van der Waals surface area contributed by atoms with E-state index in [1.165, 1.54) is 11.1 Å². The second kappa shape index (κ2) is 5.85. The summed E-state index contributed by atoms with van der Waals surface area (Å²) in [6, 6.07) is 6.15. The van der Waals surface area contributed by atoms with Crippen LogP contribution >= 0.6 is 0 Å². The Hall–Kier alpha value is -1.19. The molecule has 3 heteroatoms. The van der Waals surface area contributed by atoms with Crippen LogP contribution in [0.3, 0.4) is 0 Å². The Kier molecular flexibility index (Phi) is 3.95. The highest BCUT2D eigenvalue weighted by Gasteiger charge is 2.21. The van der Waals surface area contributed by atoms with Gasteiger partial charge >= 0.3 is 0 Å². The largest absolute Gasteiger partial charge is 0.381 e. The number of benzene rings is 1. The van der Waals surface area contributed by atoms with E-state index in [0.717, 1.165) is 51.1 Å². The van der Waals surface area contributed by atoms with Gasteiger partial charge in [-0.3, -0.25) is 4.79 Å². The minimum absolute atomic E-state index is 0.325. The van der Waals surface area contributed by atoms with Crippen LogP contribution in [-0.4, -0.2) is 25.5 Å². The minimum atomic E-state index is 0.325. The third kappa shape index (κ3) is 2.88. The summed E-state index contributed by atoms with van der Waals surface area (Å²) in [6.45, 7) is 3.51. The number of Topliss-reactive ketones (excluding diaryl/α,β-unsaturated/α-hetero) is 1. The highest BCUT2D eigenvalue weighted by molar-refractivity contribution is 5.98. The lowest BCUT2D eigenvalue weighted by Crippen LogP contribution is -2.26. The molecule has 0 aliphatic carbocycles. The lowest BCUT2D eigenvalue weighted by Gasteiger charge is -2.23. The molecule has 3 nitrogen and oxygen atoms in total. The summed E-state index contributed by atoms with van der Waals surface area (Å²) in [5, 5.41) is 3.36. The first-order chi connectivity index (χ1) is 9.34. The first-order valence-corrected chi connectivity index (χ1v) is 7.27. The van der Waals surface area contributed by atoms with E-state index >= 15 is 0 Å². The van der Waals surface area contributed by atoms with Crippen LogP contribution in [0.25, 0.3) is 0 Å². The molecule has 3 rings (SSSR count). The summed E-state index contributed by atoms with van der Waals surface area (Å²) in [4.78, 5) is 12.5. The van der Waals surface area contributed by atoms with E-state index < -0.39 is 0 Å². The van der Waals surface area contributed by atoms with Crippen LogP contribution in [0.1, 0.15) is 40.7 Å². The van der Waals surface area contributed by atoms with E-state index in [-0.39, 0.29) is 0 Å². The molecule has 0 atom stereocenters. The molecule has 2 heterocycles. The number of carbonyl (C=O) groups is 1. The number of hydrogen-bond donors (Lipinski definition) is 1. The zero-order valence-electron chi connectivity index (χ0n) is 11.3. The van der Waals surface area contributed by atoms with Crippen molar-refractivity contribution in [1.82, 2.24) is 5.32 Å². The standard InChI is InChI=1S/C16H21NO2/c18-16(10-12-5-8-19-9-6-12)15-3-1-2-13-11-17-7-4-14(13)15/h1-3,12,17H,4-11H2. The molecule has 102 valence electrons. The number of nitrogens with one attached hydrogen (secondary N) is 1. The zero-order valence-corrected chi connectivity index (χ0v) is 11.3. The van der Waals surface area contributed by atoms with Crippen molar-refractivity contribution >= 4 is 5.78 Å². The number of rotatable bonds is 3. The van der Waals surface area contributed by atoms with Crippen LogP contribution in [0.15, 0.2) is 18.2 Å². The van der Waals surface area contributed by atoms with Crippen LogP contribution in [0.5, 0.6) is 0 Å². The van der Waals surface area contributed by atoms with Crippen molar-refractivity contribution in [3.63, 3.8) is 0 Å². The summed E-state index contributed by atoms with van der Waals surface area (Å²) in [5.74, 6) is 0.837. The Labute approximate surface area is 114 Å². The maximum absolute atomic E-state index is 12.5. The van der Waals surface area contributed by atoms with Crippen LogP contribution in [0, 0.1) is 5.92 Å². The molecule has 1 N–H and O–H groups in total. The maximum atomic E-state index is 12.5. The first kappa shape index (κ1) is 12.8. The van der Waals surface area contributed by atoms with Crippen LogP contribution < -0.4 is 5.32 Å². The Morgan fingerprint density at radius 1 is 1.32 bits per heavy atom. The molecule has 0 bridgehead atoms. The van der Waals surface area contributed by atoms with Gasteiger partial charge < -0.3 is 10.1 Å². The third-order valence-electron chi connectivity index (χ3n) is 4.26. The fourth-order valence-corrected chi connectivity index (χ4v) is 3.12. The molecule has 1 aromatic rings. The fourth-order valence-electron chi connectivity index (χ4n) is 3.12. The average Bonchev–Trinajstić information content (AvgIpc) is 2.47. The van der Waals surface area contributed by atoms with Gasteiger partial charge in [-0.1, -0.05) is 18.2 Å². The van der Waals surface area contributed by atoms with Crippen molar-refractivity contribution in [2.75, 3.05) is 19.8 Å². The average molecular weight is 259 g/mol.